The van der Waals surface area contributed by atoms with Crippen molar-refractivity contribution >= 4 is 23.4 Å². The second-order valence-electron chi connectivity index (χ2n) is 5.67. The second-order valence-corrected chi connectivity index (χ2v) is 6.96. The number of thioether (sulfide) groups is 1. The van der Waals surface area contributed by atoms with E-state index in [1.807, 2.05) is 19.2 Å². The average Bonchev–Trinajstić information content (AvgIpc) is 2.52. The number of benzene rings is 1. The molecular formula is C17H26N2OS. The molecule has 2 rings (SSSR count). The molecule has 0 radical (unpaired) electrons. The molecule has 0 aromatic heterocycles. The monoisotopic (exact) mass is 306 g/mol. The molecule has 1 aliphatic carbocycles. The third kappa shape index (κ3) is 6.10. The van der Waals surface area contributed by atoms with Crippen molar-refractivity contribution in [2.24, 2.45) is 0 Å². The van der Waals surface area contributed by atoms with Crippen LogP contribution in [0.5, 0.6) is 0 Å². The highest BCUT2D eigenvalue weighted by Gasteiger charge is 2.13. The Balaban J connectivity index is 1.80. The minimum Gasteiger partial charge on any atom is -0.326 e. The Morgan fingerprint density at radius 1 is 1.29 bits per heavy atom. The fraction of sp³-hybridized carbons (Fsp3) is 0.588. The van der Waals surface area contributed by atoms with Gasteiger partial charge in [0.05, 0.1) is 0 Å². The van der Waals surface area contributed by atoms with E-state index in [-0.39, 0.29) is 5.91 Å². The molecule has 0 atom stereocenters. The first-order valence-corrected chi connectivity index (χ1v) is 8.98. The van der Waals surface area contributed by atoms with Crippen LogP contribution in [0.3, 0.4) is 0 Å². The summed E-state index contributed by atoms with van der Waals surface area (Å²) in [5.74, 6) is 1.12. The quantitative estimate of drug-likeness (QED) is 0.805. The number of carbonyl (C=O) groups is 1. The first-order valence-electron chi connectivity index (χ1n) is 7.93. The zero-order valence-electron chi connectivity index (χ0n) is 12.9. The Morgan fingerprint density at radius 2 is 2.10 bits per heavy atom. The number of carbonyl (C=O) groups excluding carboxylic acids is 1. The van der Waals surface area contributed by atoms with E-state index < -0.39 is 0 Å². The van der Waals surface area contributed by atoms with Gasteiger partial charge in [-0.25, -0.2) is 0 Å². The summed E-state index contributed by atoms with van der Waals surface area (Å²) in [4.78, 5) is 11.7. The summed E-state index contributed by atoms with van der Waals surface area (Å²) < 4.78 is 0. The van der Waals surface area contributed by atoms with Crippen LogP contribution in [0.4, 0.5) is 5.69 Å². The van der Waals surface area contributed by atoms with Crippen molar-refractivity contribution in [2.75, 3.05) is 18.9 Å². The highest BCUT2D eigenvalue weighted by atomic mass is 32.2. The van der Waals surface area contributed by atoms with E-state index in [1.165, 1.54) is 37.7 Å². The van der Waals surface area contributed by atoms with E-state index >= 15 is 0 Å². The lowest BCUT2D eigenvalue weighted by Crippen LogP contribution is -2.18. The highest BCUT2D eigenvalue weighted by molar-refractivity contribution is 7.99. The average molecular weight is 306 g/mol. The van der Waals surface area contributed by atoms with E-state index in [2.05, 4.69) is 34.5 Å². The summed E-state index contributed by atoms with van der Waals surface area (Å²) in [5, 5.41) is 6.78. The minimum atomic E-state index is 0.0708. The van der Waals surface area contributed by atoms with Gasteiger partial charge in [0.25, 0.3) is 0 Å². The molecule has 0 heterocycles. The molecule has 1 amide bonds. The van der Waals surface area contributed by atoms with Crippen LogP contribution < -0.4 is 10.6 Å². The molecule has 0 saturated heterocycles. The van der Waals surface area contributed by atoms with Gasteiger partial charge in [0, 0.05) is 29.7 Å². The van der Waals surface area contributed by atoms with Crippen molar-refractivity contribution in [3.05, 3.63) is 29.8 Å². The van der Waals surface area contributed by atoms with E-state index in [0.717, 1.165) is 16.7 Å². The van der Waals surface area contributed by atoms with Gasteiger partial charge in [-0.05, 0) is 37.6 Å². The highest BCUT2D eigenvalue weighted by Crippen LogP contribution is 2.30. The van der Waals surface area contributed by atoms with Gasteiger partial charge in [-0.1, -0.05) is 31.4 Å². The van der Waals surface area contributed by atoms with Gasteiger partial charge in [0.1, 0.15) is 0 Å². The van der Waals surface area contributed by atoms with Crippen LogP contribution in [-0.4, -0.2) is 24.7 Å². The standard InChI is InChI=1S/C17H26N2OS/c1-18-11-10-17(20)19-15-7-5-6-14(12-15)13-21-16-8-3-2-4-9-16/h5-7,12,16,18H,2-4,8-11,13H2,1H3,(H,19,20). The topological polar surface area (TPSA) is 41.1 Å². The molecular weight excluding hydrogens is 280 g/mol. The Hall–Kier alpha value is -1.00. The molecule has 2 N–H and O–H groups in total. The van der Waals surface area contributed by atoms with Gasteiger partial charge in [-0.15, -0.1) is 0 Å². The van der Waals surface area contributed by atoms with E-state index in [1.54, 1.807) is 0 Å². The van der Waals surface area contributed by atoms with Crippen LogP contribution in [0, 0.1) is 0 Å². The second kappa shape index (κ2) is 9.11. The van der Waals surface area contributed by atoms with Gasteiger partial charge in [-0.3, -0.25) is 4.79 Å². The van der Waals surface area contributed by atoms with E-state index in [0.29, 0.717) is 13.0 Å². The van der Waals surface area contributed by atoms with Gasteiger partial charge in [0.2, 0.25) is 5.91 Å². The van der Waals surface area contributed by atoms with Crippen LogP contribution >= 0.6 is 11.8 Å². The van der Waals surface area contributed by atoms with Crippen molar-refractivity contribution in [3.63, 3.8) is 0 Å². The lowest BCUT2D eigenvalue weighted by Gasteiger charge is -2.21. The van der Waals surface area contributed by atoms with E-state index in [9.17, 15) is 4.79 Å². The normalized spacial score (nSPS) is 15.9. The lowest BCUT2D eigenvalue weighted by molar-refractivity contribution is -0.116. The molecule has 4 heteroatoms. The Morgan fingerprint density at radius 3 is 2.86 bits per heavy atom. The largest absolute Gasteiger partial charge is 0.326 e. The fourth-order valence-electron chi connectivity index (χ4n) is 2.65. The Bertz CT molecular complexity index is 444. The molecule has 1 aromatic carbocycles. The molecule has 3 nitrogen and oxygen atoms in total. The number of nitrogens with one attached hydrogen (secondary N) is 2. The lowest BCUT2D eigenvalue weighted by atomic mass is 10.0. The Labute approximate surface area is 132 Å². The maximum atomic E-state index is 11.7. The SMILES string of the molecule is CNCCC(=O)Nc1cccc(CSC2CCCCC2)c1. The number of anilines is 1. The molecule has 1 fully saturated rings. The van der Waals surface area contributed by atoms with Gasteiger partial charge in [-0.2, -0.15) is 11.8 Å². The zero-order chi connectivity index (χ0) is 14.9. The predicted octanol–water partition coefficient (Wildman–Crippen LogP) is 3.80. The van der Waals surface area contributed by atoms with E-state index in [4.69, 9.17) is 0 Å². The van der Waals surface area contributed by atoms with Gasteiger partial charge in [0.15, 0.2) is 0 Å². The van der Waals surface area contributed by atoms with Crippen molar-refractivity contribution in [3.8, 4) is 0 Å². The summed E-state index contributed by atoms with van der Waals surface area (Å²) in [6.45, 7) is 0.711. The molecule has 1 saturated carbocycles. The molecule has 21 heavy (non-hydrogen) atoms. The number of amides is 1. The third-order valence-corrected chi connectivity index (χ3v) is 5.29. The molecule has 0 aliphatic heterocycles. The van der Waals surface area contributed by atoms with Crippen LogP contribution in [0.2, 0.25) is 0 Å². The number of rotatable bonds is 7. The Kier molecular flexibility index (Phi) is 7.10. The maximum Gasteiger partial charge on any atom is 0.225 e. The van der Waals surface area contributed by atoms with Crippen molar-refractivity contribution < 1.29 is 4.79 Å². The van der Waals surface area contributed by atoms with Crippen LogP contribution in [-0.2, 0) is 10.5 Å². The molecule has 0 spiro atoms. The summed E-state index contributed by atoms with van der Waals surface area (Å²) in [6.07, 6.45) is 7.43. The number of hydrogen-bond acceptors (Lipinski definition) is 3. The van der Waals surface area contributed by atoms with Crippen LogP contribution in [0.25, 0.3) is 0 Å². The zero-order valence-corrected chi connectivity index (χ0v) is 13.7. The summed E-state index contributed by atoms with van der Waals surface area (Å²) in [5.41, 5.74) is 2.22. The third-order valence-electron chi connectivity index (χ3n) is 3.85. The first-order chi connectivity index (χ1) is 10.3. The molecule has 0 bridgehead atoms. The van der Waals surface area contributed by atoms with Crippen molar-refractivity contribution in [1.82, 2.24) is 5.32 Å². The summed E-state index contributed by atoms with van der Waals surface area (Å²) in [7, 11) is 1.86. The first kappa shape index (κ1) is 16.4. The molecule has 0 unspecified atom stereocenters. The van der Waals surface area contributed by atoms with Gasteiger partial charge < -0.3 is 10.6 Å². The number of hydrogen-bond donors (Lipinski definition) is 2. The fourth-order valence-corrected chi connectivity index (χ4v) is 3.92. The van der Waals surface area contributed by atoms with Crippen LogP contribution in [0.1, 0.15) is 44.1 Å². The van der Waals surface area contributed by atoms with Gasteiger partial charge >= 0.3 is 0 Å². The molecule has 1 aromatic rings. The summed E-state index contributed by atoms with van der Waals surface area (Å²) >= 11 is 2.07. The molecule has 116 valence electrons. The minimum absolute atomic E-state index is 0.0708. The van der Waals surface area contributed by atoms with Crippen LogP contribution in [0.15, 0.2) is 24.3 Å². The smallest absolute Gasteiger partial charge is 0.225 e. The van der Waals surface area contributed by atoms with Crippen molar-refractivity contribution in [1.29, 1.82) is 0 Å². The summed E-state index contributed by atoms with van der Waals surface area (Å²) in [6, 6.07) is 8.25. The molecule has 1 aliphatic rings. The maximum absolute atomic E-state index is 11.7. The predicted molar refractivity (Wildman–Crippen MR) is 91.8 cm³/mol. The van der Waals surface area contributed by atoms with Crippen molar-refractivity contribution in [2.45, 2.75) is 49.5 Å².